The van der Waals surface area contributed by atoms with Crippen molar-refractivity contribution in [3.05, 3.63) is 12.2 Å². The van der Waals surface area contributed by atoms with Gasteiger partial charge in [-0.05, 0) is 38.8 Å². The normalized spacial score (nSPS) is 30.1. The molecule has 1 N–H and O–H groups in total. The Morgan fingerprint density at radius 3 is 2.24 bits per heavy atom. The molecular weight excluding hydrogens is 268 g/mol. The van der Waals surface area contributed by atoms with Gasteiger partial charge in [-0.25, -0.2) is 0 Å². The molecule has 0 spiro atoms. The number of amides is 1. The molecule has 0 radical (unpaired) electrons. The lowest BCUT2D eigenvalue weighted by atomic mass is 9.82. The fourth-order valence-corrected chi connectivity index (χ4v) is 3.63. The molecule has 2 aliphatic rings. The Morgan fingerprint density at radius 1 is 1.10 bits per heavy atom. The van der Waals surface area contributed by atoms with Crippen LogP contribution in [0.1, 0.15) is 19.8 Å². The molecule has 5 heteroatoms. The van der Waals surface area contributed by atoms with Crippen LogP contribution in [0.5, 0.6) is 0 Å². The largest absolute Gasteiger partial charge is 0.481 e. The van der Waals surface area contributed by atoms with E-state index in [9.17, 15) is 14.7 Å². The summed E-state index contributed by atoms with van der Waals surface area (Å²) in [5.74, 6) is -1.55. The zero-order valence-corrected chi connectivity index (χ0v) is 13.2. The number of carbonyl (C=O) groups excluding carboxylic acids is 1. The van der Waals surface area contributed by atoms with Crippen LogP contribution in [0.15, 0.2) is 12.2 Å². The van der Waals surface area contributed by atoms with Crippen molar-refractivity contribution >= 4 is 11.9 Å². The highest BCUT2D eigenvalue weighted by atomic mass is 16.4. The number of aliphatic carboxylic acids is 1. The van der Waals surface area contributed by atoms with Gasteiger partial charge in [0, 0.05) is 19.6 Å². The van der Waals surface area contributed by atoms with Gasteiger partial charge in [-0.2, -0.15) is 0 Å². The lowest BCUT2D eigenvalue weighted by Gasteiger charge is -2.31. The van der Waals surface area contributed by atoms with Crippen LogP contribution in [0.4, 0.5) is 0 Å². The number of nitrogens with zero attached hydrogens (tertiary/aromatic N) is 2. The minimum absolute atomic E-state index is 0.0305. The summed E-state index contributed by atoms with van der Waals surface area (Å²) >= 11 is 0. The van der Waals surface area contributed by atoms with E-state index in [4.69, 9.17) is 0 Å². The summed E-state index contributed by atoms with van der Waals surface area (Å²) < 4.78 is 0. The molecule has 1 fully saturated rings. The molecule has 21 heavy (non-hydrogen) atoms. The lowest BCUT2D eigenvalue weighted by molar-refractivity contribution is -0.151. The van der Waals surface area contributed by atoms with Crippen LogP contribution < -0.4 is 0 Å². The fourth-order valence-electron chi connectivity index (χ4n) is 3.63. The highest BCUT2D eigenvalue weighted by molar-refractivity contribution is 5.87. The third-order valence-electron chi connectivity index (χ3n) is 4.65. The van der Waals surface area contributed by atoms with Crippen molar-refractivity contribution in [2.24, 2.45) is 23.7 Å². The molecule has 0 aromatic rings. The van der Waals surface area contributed by atoms with Crippen LogP contribution in [-0.4, -0.2) is 60.5 Å². The molecule has 4 atom stereocenters. The zero-order valence-electron chi connectivity index (χ0n) is 13.2. The quantitative estimate of drug-likeness (QED) is 0.719. The number of rotatable bonds is 7. The van der Waals surface area contributed by atoms with Gasteiger partial charge in [0.05, 0.1) is 11.8 Å². The first-order valence-electron chi connectivity index (χ1n) is 7.80. The van der Waals surface area contributed by atoms with E-state index in [1.54, 1.807) is 0 Å². The maximum absolute atomic E-state index is 12.9. The summed E-state index contributed by atoms with van der Waals surface area (Å²) in [6.07, 6.45) is 5.74. The van der Waals surface area contributed by atoms with Crippen LogP contribution in [0, 0.1) is 23.7 Å². The number of allylic oxidation sites excluding steroid dienone is 2. The molecule has 0 saturated heterocycles. The highest BCUT2D eigenvalue weighted by Crippen LogP contribution is 2.48. The molecule has 2 rings (SSSR count). The smallest absolute Gasteiger partial charge is 0.307 e. The maximum Gasteiger partial charge on any atom is 0.307 e. The molecule has 5 nitrogen and oxygen atoms in total. The molecule has 0 heterocycles. The average molecular weight is 294 g/mol. The number of hydrogen-bond donors (Lipinski definition) is 1. The van der Waals surface area contributed by atoms with Gasteiger partial charge in [0.25, 0.3) is 0 Å². The third kappa shape index (κ3) is 3.28. The Kier molecular flexibility index (Phi) is 5.04. The summed E-state index contributed by atoms with van der Waals surface area (Å²) in [4.78, 5) is 28.3. The Bertz CT molecular complexity index is 433. The second-order valence-electron chi connectivity index (χ2n) is 6.47. The van der Waals surface area contributed by atoms with E-state index in [0.29, 0.717) is 13.1 Å². The summed E-state index contributed by atoms with van der Waals surface area (Å²) in [5.41, 5.74) is 0. The summed E-state index contributed by atoms with van der Waals surface area (Å²) in [5, 5.41) is 9.47. The van der Waals surface area contributed by atoms with Crippen molar-refractivity contribution in [3.8, 4) is 0 Å². The molecule has 0 aromatic heterocycles. The number of fused-ring (bicyclic) bond motifs is 2. The van der Waals surface area contributed by atoms with E-state index in [1.807, 2.05) is 43.0 Å². The molecule has 0 aromatic carbocycles. The molecule has 0 aliphatic heterocycles. The lowest BCUT2D eigenvalue weighted by Crippen LogP contribution is -2.45. The molecular formula is C16H26N2O3. The van der Waals surface area contributed by atoms with Crippen molar-refractivity contribution in [1.29, 1.82) is 0 Å². The Balaban J connectivity index is 2.11. The molecule has 1 amide bonds. The topological polar surface area (TPSA) is 60.9 Å². The standard InChI is InChI=1S/C16H26N2O3/c1-4-7-18(9-8-17(2)3)15(19)13-11-5-6-12(10-11)14(13)16(20)21/h5-6,11-14H,4,7-10H2,1-3H3,(H,20,21)/t11?,12?,13-,14+/m0/s1. The predicted octanol–water partition coefficient (Wildman–Crippen LogP) is 1.31. The number of carboxylic acid groups (broad SMARTS) is 1. The van der Waals surface area contributed by atoms with Gasteiger partial charge in [0.1, 0.15) is 0 Å². The zero-order chi connectivity index (χ0) is 15.6. The first-order valence-corrected chi connectivity index (χ1v) is 7.80. The summed E-state index contributed by atoms with van der Waals surface area (Å²) in [6, 6.07) is 0. The van der Waals surface area contributed by atoms with E-state index >= 15 is 0 Å². The number of carboxylic acids is 1. The average Bonchev–Trinajstić information content (AvgIpc) is 3.02. The van der Waals surface area contributed by atoms with E-state index in [-0.39, 0.29) is 23.7 Å². The number of hydrogen-bond acceptors (Lipinski definition) is 3. The van der Waals surface area contributed by atoms with Crippen LogP contribution >= 0.6 is 0 Å². The van der Waals surface area contributed by atoms with Crippen LogP contribution in [0.3, 0.4) is 0 Å². The molecule has 2 aliphatic carbocycles. The Labute approximate surface area is 126 Å². The van der Waals surface area contributed by atoms with Gasteiger partial charge in [-0.15, -0.1) is 0 Å². The maximum atomic E-state index is 12.9. The molecule has 2 bridgehead atoms. The van der Waals surface area contributed by atoms with E-state index in [2.05, 4.69) is 0 Å². The van der Waals surface area contributed by atoms with Crippen LogP contribution in [-0.2, 0) is 9.59 Å². The summed E-state index contributed by atoms with van der Waals surface area (Å²) in [7, 11) is 3.96. The Morgan fingerprint density at radius 2 is 1.71 bits per heavy atom. The molecule has 118 valence electrons. The van der Waals surface area contributed by atoms with Gasteiger partial charge in [-0.1, -0.05) is 19.1 Å². The summed E-state index contributed by atoms with van der Waals surface area (Å²) in [6.45, 7) is 4.23. The number of carbonyl (C=O) groups is 2. The van der Waals surface area contributed by atoms with E-state index < -0.39 is 11.9 Å². The second-order valence-corrected chi connectivity index (χ2v) is 6.47. The van der Waals surface area contributed by atoms with Crippen molar-refractivity contribution in [1.82, 2.24) is 9.80 Å². The SMILES string of the molecule is CCCN(CCN(C)C)C(=O)[C@H]1C2C=CC(C2)[C@H]1C(=O)O. The van der Waals surface area contributed by atoms with Crippen molar-refractivity contribution in [2.45, 2.75) is 19.8 Å². The molecule has 2 unspecified atom stereocenters. The monoisotopic (exact) mass is 294 g/mol. The molecule has 1 saturated carbocycles. The minimum Gasteiger partial charge on any atom is -0.481 e. The third-order valence-corrected chi connectivity index (χ3v) is 4.65. The van der Waals surface area contributed by atoms with E-state index in [0.717, 1.165) is 19.4 Å². The van der Waals surface area contributed by atoms with Crippen LogP contribution in [0.25, 0.3) is 0 Å². The van der Waals surface area contributed by atoms with Gasteiger partial charge in [0.15, 0.2) is 0 Å². The first kappa shape index (κ1) is 16.0. The fraction of sp³-hybridized carbons (Fsp3) is 0.750. The van der Waals surface area contributed by atoms with Gasteiger partial charge < -0.3 is 14.9 Å². The van der Waals surface area contributed by atoms with Gasteiger partial charge in [0.2, 0.25) is 5.91 Å². The van der Waals surface area contributed by atoms with Gasteiger partial charge >= 0.3 is 5.97 Å². The van der Waals surface area contributed by atoms with Crippen molar-refractivity contribution in [2.75, 3.05) is 33.7 Å². The van der Waals surface area contributed by atoms with Crippen LogP contribution in [0.2, 0.25) is 0 Å². The number of likely N-dealkylation sites (N-methyl/N-ethyl adjacent to an activating group) is 1. The van der Waals surface area contributed by atoms with Gasteiger partial charge in [-0.3, -0.25) is 9.59 Å². The highest BCUT2D eigenvalue weighted by Gasteiger charge is 2.52. The van der Waals surface area contributed by atoms with Crippen molar-refractivity contribution in [3.63, 3.8) is 0 Å². The predicted molar refractivity (Wildman–Crippen MR) is 80.8 cm³/mol. The van der Waals surface area contributed by atoms with Crippen molar-refractivity contribution < 1.29 is 14.7 Å². The Hall–Kier alpha value is -1.36. The minimum atomic E-state index is -0.825. The first-order chi connectivity index (χ1) is 9.95. The van der Waals surface area contributed by atoms with E-state index in [1.165, 1.54) is 0 Å². The second kappa shape index (κ2) is 6.60.